The van der Waals surface area contributed by atoms with E-state index in [1.165, 1.54) is 56.9 Å². The molecule has 0 saturated carbocycles. The van der Waals surface area contributed by atoms with Crippen LogP contribution < -0.4 is 10.6 Å². The maximum Gasteiger partial charge on any atom is 0.298 e. The lowest BCUT2D eigenvalue weighted by Crippen LogP contribution is -2.26. The Balaban J connectivity index is 0.00000243. The topological polar surface area (TPSA) is 55.3 Å². The van der Waals surface area contributed by atoms with E-state index in [1.54, 1.807) is 0 Å². The zero-order valence-corrected chi connectivity index (χ0v) is 16.9. The summed E-state index contributed by atoms with van der Waals surface area (Å²) in [5.74, 6) is 0. The highest BCUT2D eigenvalue weighted by Gasteiger charge is 2.23. The van der Waals surface area contributed by atoms with Crippen molar-refractivity contribution in [2.45, 2.75) is 77.2 Å². The second-order valence-electron chi connectivity index (χ2n) is 7.52. The van der Waals surface area contributed by atoms with Crippen molar-refractivity contribution in [1.29, 1.82) is 0 Å². The number of hydrogen-bond acceptors (Lipinski definition) is 4. The van der Waals surface area contributed by atoms with Crippen LogP contribution >= 0.6 is 12.4 Å². The Morgan fingerprint density at radius 1 is 1.12 bits per heavy atom. The average Bonchev–Trinajstić information content (AvgIpc) is 3.22. The molecule has 0 aliphatic carbocycles. The third kappa shape index (κ3) is 5.88. The van der Waals surface area contributed by atoms with E-state index >= 15 is 0 Å². The van der Waals surface area contributed by atoms with E-state index in [2.05, 4.69) is 35.0 Å². The molecule has 5 heteroatoms. The maximum atomic E-state index is 5.98. The molecule has 3 rings (SSSR count). The highest BCUT2D eigenvalue weighted by atomic mass is 35.5. The summed E-state index contributed by atoms with van der Waals surface area (Å²) in [6, 6.07) is 7.44. The number of unbranched alkanes of at least 4 members (excludes halogenated alkanes) is 7. The van der Waals surface area contributed by atoms with Gasteiger partial charge in [-0.05, 0) is 37.0 Å². The fourth-order valence-corrected chi connectivity index (χ4v) is 3.67. The molecule has 2 aromatic rings. The maximum absolute atomic E-state index is 5.98. The van der Waals surface area contributed by atoms with E-state index in [0.717, 1.165) is 43.0 Å². The van der Waals surface area contributed by atoms with Crippen LogP contribution in [0.2, 0.25) is 0 Å². The Morgan fingerprint density at radius 2 is 1.85 bits per heavy atom. The molecule has 4 nitrogen and oxygen atoms in total. The van der Waals surface area contributed by atoms with E-state index in [0.29, 0.717) is 0 Å². The molecule has 0 bridgehead atoms. The quantitative estimate of drug-likeness (QED) is 0.556. The molecule has 0 unspecified atom stereocenters. The molecule has 1 aliphatic rings. The molecule has 0 spiro atoms. The molecule has 1 fully saturated rings. The molecule has 146 valence electrons. The second-order valence-corrected chi connectivity index (χ2v) is 7.52. The minimum Gasteiger partial charge on any atom is -0.423 e. The van der Waals surface area contributed by atoms with Crippen LogP contribution in [0.3, 0.4) is 0 Å². The van der Waals surface area contributed by atoms with Crippen LogP contribution in [0.15, 0.2) is 22.6 Å². The van der Waals surface area contributed by atoms with Crippen LogP contribution in [-0.2, 0) is 6.42 Å². The highest BCUT2D eigenvalue weighted by Crippen LogP contribution is 2.26. The third-order valence-corrected chi connectivity index (χ3v) is 5.26. The first-order chi connectivity index (χ1) is 12.3. The average molecular weight is 380 g/mol. The van der Waals surface area contributed by atoms with Crippen molar-refractivity contribution in [3.8, 4) is 0 Å². The summed E-state index contributed by atoms with van der Waals surface area (Å²) in [5, 5.41) is 0. The Labute approximate surface area is 163 Å². The highest BCUT2D eigenvalue weighted by molar-refractivity contribution is 5.85. The number of hydrogen-bond donors (Lipinski definition) is 1. The summed E-state index contributed by atoms with van der Waals surface area (Å²) in [5.41, 5.74) is 9.21. The first-order valence-corrected chi connectivity index (χ1v) is 10.2. The molecular formula is C21H34ClN3O. The van der Waals surface area contributed by atoms with Gasteiger partial charge < -0.3 is 15.1 Å². The van der Waals surface area contributed by atoms with Crippen LogP contribution in [0.1, 0.15) is 70.3 Å². The molecule has 1 aromatic carbocycles. The Bertz CT molecular complexity index is 658. The van der Waals surface area contributed by atoms with Gasteiger partial charge in [-0.1, -0.05) is 57.9 Å². The SMILES string of the molecule is CCCCCCCCCCc1ccc2nc(N3CC[C@@H](N)C3)oc2c1.Cl. The van der Waals surface area contributed by atoms with E-state index in [-0.39, 0.29) is 18.4 Å². The number of benzene rings is 1. The predicted octanol–water partition coefficient (Wildman–Crippen LogP) is 5.47. The molecule has 0 radical (unpaired) electrons. The van der Waals surface area contributed by atoms with Gasteiger partial charge in [-0.2, -0.15) is 4.98 Å². The Kier molecular flexibility index (Phi) is 8.73. The van der Waals surface area contributed by atoms with E-state index in [9.17, 15) is 0 Å². The Hall–Kier alpha value is -1.26. The fraction of sp³-hybridized carbons (Fsp3) is 0.667. The van der Waals surface area contributed by atoms with Gasteiger partial charge >= 0.3 is 0 Å². The number of nitrogens with zero attached hydrogens (tertiary/aromatic N) is 2. The molecule has 2 N–H and O–H groups in total. The molecule has 0 amide bonds. The number of halogens is 1. The zero-order chi connectivity index (χ0) is 17.5. The molecular weight excluding hydrogens is 346 g/mol. The standard InChI is InChI=1S/C21H33N3O.ClH/c1-2-3-4-5-6-7-8-9-10-17-11-12-19-20(15-17)25-21(23-19)24-14-13-18(22)16-24;/h11-12,15,18H,2-10,13-14,16,22H2,1H3;1H/t18-;/m1./s1. The van der Waals surface area contributed by atoms with Crippen molar-refractivity contribution in [2.24, 2.45) is 5.73 Å². The monoisotopic (exact) mass is 379 g/mol. The van der Waals surface area contributed by atoms with Crippen LogP contribution in [-0.4, -0.2) is 24.1 Å². The van der Waals surface area contributed by atoms with E-state index in [1.807, 2.05) is 0 Å². The molecule has 1 saturated heterocycles. The smallest absolute Gasteiger partial charge is 0.298 e. The number of rotatable bonds is 10. The lowest BCUT2D eigenvalue weighted by atomic mass is 10.0. The molecule has 1 aliphatic heterocycles. The number of nitrogens with two attached hydrogens (primary N) is 1. The van der Waals surface area contributed by atoms with Gasteiger partial charge in [-0.25, -0.2) is 0 Å². The van der Waals surface area contributed by atoms with Crippen molar-refractivity contribution in [3.63, 3.8) is 0 Å². The van der Waals surface area contributed by atoms with Crippen LogP contribution in [0, 0.1) is 0 Å². The van der Waals surface area contributed by atoms with Crippen LogP contribution in [0.5, 0.6) is 0 Å². The van der Waals surface area contributed by atoms with Gasteiger partial charge in [-0.3, -0.25) is 0 Å². The van der Waals surface area contributed by atoms with Crippen LogP contribution in [0.4, 0.5) is 6.01 Å². The summed E-state index contributed by atoms with van der Waals surface area (Å²) < 4.78 is 5.98. The van der Waals surface area contributed by atoms with Crippen molar-refractivity contribution in [3.05, 3.63) is 23.8 Å². The van der Waals surface area contributed by atoms with Crippen LogP contribution in [0.25, 0.3) is 11.1 Å². The van der Waals surface area contributed by atoms with Gasteiger partial charge in [0.1, 0.15) is 5.52 Å². The number of aryl methyl sites for hydroxylation is 1. The van der Waals surface area contributed by atoms with Gasteiger partial charge in [0.05, 0.1) is 0 Å². The molecule has 26 heavy (non-hydrogen) atoms. The minimum absolute atomic E-state index is 0. The van der Waals surface area contributed by atoms with Crippen molar-refractivity contribution < 1.29 is 4.42 Å². The molecule has 2 heterocycles. The molecule has 1 aromatic heterocycles. The first kappa shape index (κ1) is 21.0. The Morgan fingerprint density at radius 3 is 2.54 bits per heavy atom. The molecule has 1 atom stereocenters. The minimum atomic E-state index is 0. The van der Waals surface area contributed by atoms with Gasteiger partial charge in [0, 0.05) is 19.1 Å². The van der Waals surface area contributed by atoms with E-state index < -0.39 is 0 Å². The predicted molar refractivity (Wildman–Crippen MR) is 112 cm³/mol. The van der Waals surface area contributed by atoms with Crippen molar-refractivity contribution in [1.82, 2.24) is 4.98 Å². The van der Waals surface area contributed by atoms with Gasteiger partial charge in [0.15, 0.2) is 5.58 Å². The lowest BCUT2D eigenvalue weighted by Gasteiger charge is -2.11. The number of fused-ring (bicyclic) bond motifs is 1. The second kappa shape index (κ2) is 10.8. The number of anilines is 1. The largest absolute Gasteiger partial charge is 0.423 e. The summed E-state index contributed by atoms with van der Waals surface area (Å²) >= 11 is 0. The van der Waals surface area contributed by atoms with Crippen molar-refractivity contribution >= 4 is 29.5 Å². The number of aromatic nitrogens is 1. The number of oxazole rings is 1. The van der Waals surface area contributed by atoms with Crippen molar-refractivity contribution in [2.75, 3.05) is 18.0 Å². The first-order valence-electron chi connectivity index (χ1n) is 10.2. The third-order valence-electron chi connectivity index (χ3n) is 5.26. The summed E-state index contributed by atoms with van der Waals surface area (Å²) in [4.78, 5) is 6.77. The van der Waals surface area contributed by atoms with Gasteiger partial charge in [-0.15, -0.1) is 12.4 Å². The van der Waals surface area contributed by atoms with E-state index in [4.69, 9.17) is 10.2 Å². The summed E-state index contributed by atoms with van der Waals surface area (Å²) in [7, 11) is 0. The fourth-order valence-electron chi connectivity index (χ4n) is 3.67. The summed E-state index contributed by atoms with van der Waals surface area (Å²) in [6.07, 6.45) is 13.0. The van der Waals surface area contributed by atoms with Gasteiger partial charge in [0.25, 0.3) is 6.01 Å². The van der Waals surface area contributed by atoms with Gasteiger partial charge in [0.2, 0.25) is 0 Å². The summed E-state index contributed by atoms with van der Waals surface area (Å²) in [6.45, 7) is 4.06. The zero-order valence-electron chi connectivity index (χ0n) is 16.1. The normalized spacial score (nSPS) is 17.0. The lowest BCUT2D eigenvalue weighted by molar-refractivity contribution is 0.574.